The van der Waals surface area contributed by atoms with Gasteiger partial charge in [-0.3, -0.25) is 4.79 Å². The molecular weight excluding hydrogens is 376 g/mol. The lowest BCUT2D eigenvalue weighted by Gasteiger charge is -2.72. The number of carbonyl (C=O) groups excluding carboxylic acids is 1. The van der Waals surface area contributed by atoms with Crippen LogP contribution in [0.3, 0.4) is 0 Å². The Balaban J connectivity index is 1.55. The van der Waals surface area contributed by atoms with Crippen molar-refractivity contribution in [2.45, 2.75) is 120 Å². The second-order valence-electron chi connectivity index (χ2n) is 15.2. The van der Waals surface area contributed by atoms with Gasteiger partial charge in [0, 0.05) is 12.8 Å². The molecule has 1 heteroatoms. The molecule has 0 heterocycles. The molecule has 0 aromatic heterocycles. The van der Waals surface area contributed by atoms with Crippen LogP contribution < -0.4 is 0 Å². The first-order valence-electron chi connectivity index (χ1n) is 13.8. The number of hydrogen-bond donors (Lipinski definition) is 0. The van der Waals surface area contributed by atoms with E-state index in [0.29, 0.717) is 22.0 Å². The largest absolute Gasteiger partial charge is 0.300 e. The molecule has 31 heavy (non-hydrogen) atoms. The monoisotopic (exact) mass is 426 g/mol. The molecule has 9 atom stereocenters. The second kappa shape index (κ2) is 6.63. The lowest BCUT2D eigenvalue weighted by molar-refractivity contribution is -0.234. The zero-order chi connectivity index (χ0) is 22.6. The third-order valence-electron chi connectivity index (χ3n) is 13.2. The standard InChI is InChI=1S/C30H50O/c1-19(2)21-11-13-27(5)15-16-29(7)22(25(21)27)9-10-24-28(6)18-20(31)17-26(3,4)23(28)12-14-30(24,29)8/h19,21-25H,9-18H2,1-8H3. The van der Waals surface area contributed by atoms with Crippen LogP contribution in [0.4, 0.5) is 0 Å². The van der Waals surface area contributed by atoms with Gasteiger partial charge in [0.2, 0.25) is 0 Å². The van der Waals surface area contributed by atoms with Crippen molar-refractivity contribution in [2.75, 3.05) is 0 Å². The van der Waals surface area contributed by atoms with E-state index in [2.05, 4.69) is 55.4 Å². The van der Waals surface area contributed by atoms with Gasteiger partial charge in [-0.15, -0.1) is 0 Å². The Hall–Kier alpha value is -0.330. The second-order valence-corrected chi connectivity index (χ2v) is 15.2. The number of fused-ring (bicyclic) bond motifs is 7. The van der Waals surface area contributed by atoms with Crippen molar-refractivity contribution < 1.29 is 4.79 Å². The van der Waals surface area contributed by atoms with Crippen molar-refractivity contribution in [1.29, 1.82) is 0 Å². The highest BCUT2D eigenvalue weighted by Gasteiger charge is 2.70. The van der Waals surface area contributed by atoms with Crippen molar-refractivity contribution in [1.82, 2.24) is 0 Å². The molecule has 5 rings (SSSR count). The molecule has 0 N–H and O–H groups in total. The predicted molar refractivity (Wildman–Crippen MR) is 130 cm³/mol. The van der Waals surface area contributed by atoms with Gasteiger partial charge in [0.1, 0.15) is 5.78 Å². The highest BCUT2D eigenvalue weighted by atomic mass is 16.1. The molecule has 0 amide bonds. The molecule has 0 bridgehead atoms. The number of hydrogen-bond acceptors (Lipinski definition) is 1. The molecule has 5 aliphatic carbocycles. The maximum atomic E-state index is 13.0. The van der Waals surface area contributed by atoms with Crippen LogP contribution in [0.5, 0.6) is 0 Å². The van der Waals surface area contributed by atoms with Gasteiger partial charge in [0.05, 0.1) is 0 Å². The minimum absolute atomic E-state index is 0.183. The molecule has 0 saturated heterocycles. The summed E-state index contributed by atoms with van der Waals surface area (Å²) in [5.74, 6) is 5.58. The van der Waals surface area contributed by atoms with Gasteiger partial charge < -0.3 is 0 Å². The minimum atomic E-state index is 0.183. The summed E-state index contributed by atoms with van der Waals surface area (Å²) in [5.41, 5.74) is 1.85. The fourth-order valence-electron chi connectivity index (χ4n) is 11.8. The molecule has 5 aliphatic rings. The molecule has 0 aromatic carbocycles. The maximum absolute atomic E-state index is 13.0. The Labute approximate surface area is 192 Å². The van der Waals surface area contributed by atoms with Crippen LogP contribution in [0.15, 0.2) is 0 Å². The molecule has 5 fully saturated rings. The number of Topliss-reactive ketones (excluding diaryl/α,β-unsaturated/α-hetero) is 1. The van der Waals surface area contributed by atoms with Gasteiger partial charge in [0.15, 0.2) is 0 Å². The Morgan fingerprint density at radius 2 is 1.45 bits per heavy atom. The van der Waals surface area contributed by atoms with E-state index in [1.165, 1.54) is 51.4 Å². The summed E-state index contributed by atoms with van der Waals surface area (Å²) in [5, 5.41) is 0. The topological polar surface area (TPSA) is 17.1 Å². The highest BCUT2D eigenvalue weighted by Crippen LogP contribution is 2.77. The average molecular weight is 427 g/mol. The summed E-state index contributed by atoms with van der Waals surface area (Å²) in [6.07, 6.45) is 13.0. The van der Waals surface area contributed by atoms with E-state index in [-0.39, 0.29) is 10.8 Å². The van der Waals surface area contributed by atoms with Crippen LogP contribution >= 0.6 is 0 Å². The molecule has 0 spiro atoms. The lowest BCUT2D eigenvalue weighted by atomic mass is 9.32. The summed E-state index contributed by atoms with van der Waals surface area (Å²) < 4.78 is 0. The predicted octanol–water partition coefficient (Wildman–Crippen LogP) is 8.31. The van der Waals surface area contributed by atoms with Crippen LogP contribution in [-0.4, -0.2) is 5.78 Å². The summed E-state index contributed by atoms with van der Waals surface area (Å²) in [6.45, 7) is 20.5. The fraction of sp³-hybridized carbons (Fsp3) is 0.967. The first-order valence-corrected chi connectivity index (χ1v) is 13.8. The maximum Gasteiger partial charge on any atom is 0.134 e. The van der Waals surface area contributed by atoms with Crippen LogP contribution in [-0.2, 0) is 4.79 Å². The van der Waals surface area contributed by atoms with Gasteiger partial charge >= 0.3 is 0 Å². The van der Waals surface area contributed by atoms with Crippen molar-refractivity contribution in [3.8, 4) is 0 Å². The lowest BCUT2D eigenvalue weighted by Crippen LogP contribution is -2.66. The summed E-state index contributed by atoms with van der Waals surface area (Å²) in [4.78, 5) is 13.0. The first kappa shape index (κ1) is 22.5. The third-order valence-corrected chi connectivity index (χ3v) is 13.2. The van der Waals surface area contributed by atoms with Gasteiger partial charge in [-0.2, -0.15) is 0 Å². The zero-order valence-corrected chi connectivity index (χ0v) is 21.9. The van der Waals surface area contributed by atoms with E-state index >= 15 is 0 Å². The Morgan fingerprint density at radius 1 is 0.742 bits per heavy atom. The molecule has 0 radical (unpaired) electrons. The SMILES string of the molecule is CC(C)C1CCC2(C)CCC3(C)C(CCC4C5(C)CC(=O)CC(C)(C)C5CCC43C)C12. The Kier molecular flexibility index (Phi) is 4.80. The molecule has 176 valence electrons. The third kappa shape index (κ3) is 2.76. The minimum Gasteiger partial charge on any atom is -0.300 e. The quantitative estimate of drug-likeness (QED) is 0.412. The molecule has 1 nitrogen and oxygen atoms in total. The van der Waals surface area contributed by atoms with Crippen LogP contribution in [0.25, 0.3) is 0 Å². The van der Waals surface area contributed by atoms with Crippen LogP contribution in [0.2, 0.25) is 0 Å². The average Bonchev–Trinajstić information content (AvgIpc) is 2.99. The Morgan fingerprint density at radius 3 is 2.13 bits per heavy atom. The summed E-state index contributed by atoms with van der Waals surface area (Å²) in [6, 6.07) is 0. The molecular formula is C30H50O. The van der Waals surface area contributed by atoms with Gasteiger partial charge in [-0.05, 0) is 114 Å². The summed E-state index contributed by atoms with van der Waals surface area (Å²) in [7, 11) is 0. The van der Waals surface area contributed by atoms with Gasteiger partial charge in [0.25, 0.3) is 0 Å². The number of carbonyl (C=O) groups is 1. The van der Waals surface area contributed by atoms with Crippen LogP contribution in [0.1, 0.15) is 120 Å². The molecule has 9 unspecified atom stereocenters. The van der Waals surface area contributed by atoms with Crippen LogP contribution in [0, 0.1) is 62.6 Å². The number of ketones is 1. The Bertz CT molecular complexity index is 764. The van der Waals surface area contributed by atoms with Crippen molar-refractivity contribution in [3.63, 3.8) is 0 Å². The normalized spacial score (nSPS) is 55.9. The van der Waals surface area contributed by atoms with Gasteiger partial charge in [-0.1, -0.05) is 55.4 Å². The van der Waals surface area contributed by atoms with E-state index in [9.17, 15) is 4.79 Å². The van der Waals surface area contributed by atoms with Crippen molar-refractivity contribution in [2.24, 2.45) is 62.6 Å². The summed E-state index contributed by atoms with van der Waals surface area (Å²) >= 11 is 0. The van der Waals surface area contributed by atoms with Gasteiger partial charge in [-0.25, -0.2) is 0 Å². The van der Waals surface area contributed by atoms with Crippen molar-refractivity contribution in [3.05, 3.63) is 0 Å². The molecule has 0 aliphatic heterocycles. The molecule has 5 saturated carbocycles. The van der Waals surface area contributed by atoms with E-state index in [4.69, 9.17) is 0 Å². The van der Waals surface area contributed by atoms with E-state index in [0.717, 1.165) is 48.3 Å². The number of rotatable bonds is 1. The highest BCUT2D eigenvalue weighted by molar-refractivity contribution is 5.81. The smallest absolute Gasteiger partial charge is 0.134 e. The first-order chi connectivity index (χ1) is 14.3. The fourth-order valence-corrected chi connectivity index (χ4v) is 11.8. The van der Waals surface area contributed by atoms with Crippen molar-refractivity contribution >= 4 is 5.78 Å². The van der Waals surface area contributed by atoms with E-state index < -0.39 is 0 Å². The molecule has 0 aromatic rings. The van der Waals surface area contributed by atoms with E-state index in [1.807, 2.05) is 0 Å². The van der Waals surface area contributed by atoms with E-state index in [1.54, 1.807) is 0 Å². The zero-order valence-electron chi connectivity index (χ0n) is 21.9.